The number of aromatic nitrogens is 2. The van der Waals surface area contributed by atoms with Crippen molar-refractivity contribution in [3.05, 3.63) is 15.9 Å². The molecule has 1 rings (SSSR count). The molecule has 9 heteroatoms. The molecule has 0 aliphatic rings. The standard InChI is InChI=1S/C7H5BrClF3N2O2/c1-16-6(15)4-3(8)5(7(10,11)12)13-14(4)2-9/h2H2,1H3. The lowest BCUT2D eigenvalue weighted by Gasteiger charge is -2.01. The van der Waals surface area contributed by atoms with Crippen LogP contribution >= 0.6 is 27.5 Å². The molecule has 0 saturated carbocycles. The van der Waals surface area contributed by atoms with Crippen LogP contribution < -0.4 is 0 Å². The maximum Gasteiger partial charge on any atom is 0.436 e. The van der Waals surface area contributed by atoms with Crippen LogP contribution in [0.5, 0.6) is 0 Å². The van der Waals surface area contributed by atoms with Crippen LogP contribution in [-0.4, -0.2) is 22.9 Å². The lowest BCUT2D eigenvalue weighted by molar-refractivity contribution is -0.142. The first-order valence-corrected chi connectivity index (χ1v) is 5.13. The highest BCUT2D eigenvalue weighted by molar-refractivity contribution is 9.10. The number of halogens is 5. The predicted octanol–water partition coefficient (Wildman–Crippen LogP) is 2.65. The quantitative estimate of drug-likeness (QED) is 0.621. The summed E-state index contributed by atoms with van der Waals surface area (Å²) in [6.45, 7) is 0. The van der Waals surface area contributed by atoms with Crippen molar-refractivity contribution in [1.29, 1.82) is 0 Å². The van der Waals surface area contributed by atoms with E-state index in [4.69, 9.17) is 11.6 Å². The van der Waals surface area contributed by atoms with Gasteiger partial charge in [-0.15, -0.1) is 11.6 Å². The normalized spacial score (nSPS) is 11.6. The van der Waals surface area contributed by atoms with E-state index >= 15 is 0 Å². The van der Waals surface area contributed by atoms with Gasteiger partial charge in [-0.05, 0) is 15.9 Å². The molecule has 0 fully saturated rings. The van der Waals surface area contributed by atoms with Crippen molar-refractivity contribution in [3.8, 4) is 0 Å². The van der Waals surface area contributed by atoms with Gasteiger partial charge in [-0.2, -0.15) is 18.3 Å². The van der Waals surface area contributed by atoms with Crippen LogP contribution in [0, 0.1) is 0 Å². The molecule has 16 heavy (non-hydrogen) atoms. The Morgan fingerprint density at radius 2 is 2.19 bits per heavy atom. The van der Waals surface area contributed by atoms with Crippen LogP contribution in [-0.2, 0) is 16.9 Å². The Labute approximate surface area is 101 Å². The number of nitrogens with zero attached hydrogens (tertiary/aromatic N) is 2. The number of alkyl halides is 4. The van der Waals surface area contributed by atoms with Gasteiger partial charge in [0.1, 0.15) is 6.00 Å². The van der Waals surface area contributed by atoms with E-state index in [1.165, 1.54) is 0 Å². The van der Waals surface area contributed by atoms with Crippen molar-refractivity contribution in [1.82, 2.24) is 9.78 Å². The minimum Gasteiger partial charge on any atom is -0.464 e. The molecule has 0 spiro atoms. The Morgan fingerprint density at radius 1 is 1.62 bits per heavy atom. The van der Waals surface area contributed by atoms with Gasteiger partial charge in [0, 0.05) is 0 Å². The van der Waals surface area contributed by atoms with Crippen molar-refractivity contribution in [2.75, 3.05) is 7.11 Å². The third kappa shape index (κ3) is 2.32. The average molecular weight is 321 g/mol. The number of esters is 1. The molecule has 90 valence electrons. The van der Waals surface area contributed by atoms with Crippen LogP contribution in [0.15, 0.2) is 4.47 Å². The van der Waals surface area contributed by atoms with Gasteiger partial charge in [-0.25, -0.2) is 9.48 Å². The summed E-state index contributed by atoms with van der Waals surface area (Å²) in [5.74, 6) is -0.949. The second-order valence-electron chi connectivity index (χ2n) is 2.62. The van der Waals surface area contributed by atoms with E-state index in [0.29, 0.717) is 4.68 Å². The molecule has 1 heterocycles. The first-order valence-electron chi connectivity index (χ1n) is 3.80. The molecule has 0 aliphatic heterocycles. The van der Waals surface area contributed by atoms with Gasteiger partial charge < -0.3 is 4.74 Å². The van der Waals surface area contributed by atoms with Crippen LogP contribution in [0.25, 0.3) is 0 Å². The third-order valence-electron chi connectivity index (χ3n) is 1.66. The average Bonchev–Trinajstić information content (AvgIpc) is 2.53. The number of hydrogen-bond acceptors (Lipinski definition) is 3. The Balaban J connectivity index is 3.38. The fraction of sp³-hybridized carbons (Fsp3) is 0.429. The molecule has 1 aromatic rings. The smallest absolute Gasteiger partial charge is 0.436 e. The number of carbonyl (C=O) groups is 1. The molecule has 0 aliphatic carbocycles. The minimum atomic E-state index is -4.67. The van der Waals surface area contributed by atoms with Crippen molar-refractivity contribution < 1.29 is 22.7 Å². The number of rotatable bonds is 2. The van der Waals surface area contributed by atoms with Gasteiger partial charge in [0.05, 0.1) is 11.6 Å². The summed E-state index contributed by atoms with van der Waals surface area (Å²) in [7, 11) is 1.05. The molecule has 0 bridgehead atoms. The number of methoxy groups -OCH3 is 1. The van der Waals surface area contributed by atoms with E-state index in [1.54, 1.807) is 0 Å². The molecule has 0 radical (unpaired) electrons. The summed E-state index contributed by atoms with van der Waals surface area (Å²) in [5.41, 5.74) is -1.58. The zero-order valence-electron chi connectivity index (χ0n) is 7.81. The Bertz CT molecular complexity index is 418. The summed E-state index contributed by atoms with van der Waals surface area (Å²) in [4.78, 5) is 11.2. The van der Waals surface area contributed by atoms with E-state index in [9.17, 15) is 18.0 Å². The molecular formula is C7H5BrClF3N2O2. The topological polar surface area (TPSA) is 44.1 Å². The first-order chi connectivity index (χ1) is 7.32. The molecule has 0 N–H and O–H groups in total. The number of carbonyl (C=O) groups excluding carboxylic acids is 1. The number of hydrogen-bond donors (Lipinski definition) is 0. The zero-order valence-corrected chi connectivity index (χ0v) is 10.1. The van der Waals surface area contributed by atoms with Gasteiger partial charge in [0.2, 0.25) is 0 Å². The molecule has 0 aromatic carbocycles. The lowest BCUT2D eigenvalue weighted by atomic mass is 10.3. The molecule has 0 unspecified atom stereocenters. The Morgan fingerprint density at radius 3 is 2.56 bits per heavy atom. The van der Waals surface area contributed by atoms with Gasteiger partial charge in [0.15, 0.2) is 11.4 Å². The minimum absolute atomic E-state index is 0.371. The molecule has 0 amide bonds. The van der Waals surface area contributed by atoms with Gasteiger partial charge in [-0.3, -0.25) is 0 Å². The zero-order chi connectivity index (χ0) is 12.5. The maximum atomic E-state index is 12.4. The molecule has 0 saturated heterocycles. The summed E-state index contributed by atoms with van der Waals surface area (Å²) in [5, 5.41) is 3.18. The first kappa shape index (κ1) is 13.3. The van der Waals surface area contributed by atoms with Crippen LogP contribution in [0.1, 0.15) is 16.2 Å². The highest BCUT2D eigenvalue weighted by atomic mass is 79.9. The van der Waals surface area contributed by atoms with E-state index in [1.807, 2.05) is 0 Å². The molecular weight excluding hydrogens is 316 g/mol. The molecule has 1 aromatic heterocycles. The van der Waals surface area contributed by atoms with E-state index in [2.05, 4.69) is 25.8 Å². The summed E-state index contributed by atoms with van der Waals surface area (Å²) >= 11 is 8.03. The third-order valence-corrected chi connectivity index (χ3v) is 2.63. The molecule has 4 nitrogen and oxygen atoms in total. The van der Waals surface area contributed by atoms with Gasteiger partial charge in [-0.1, -0.05) is 0 Å². The predicted molar refractivity (Wildman–Crippen MR) is 52.1 cm³/mol. The summed E-state index contributed by atoms with van der Waals surface area (Å²) < 4.78 is 41.9. The van der Waals surface area contributed by atoms with Crippen LogP contribution in [0.2, 0.25) is 0 Å². The number of ether oxygens (including phenoxy) is 1. The van der Waals surface area contributed by atoms with Crippen molar-refractivity contribution >= 4 is 33.5 Å². The largest absolute Gasteiger partial charge is 0.464 e. The SMILES string of the molecule is COC(=O)c1c(Br)c(C(F)(F)F)nn1CCl. The summed E-state index contributed by atoms with van der Waals surface area (Å²) in [6.07, 6.45) is -4.67. The second-order valence-corrected chi connectivity index (χ2v) is 3.65. The lowest BCUT2D eigenvalue weighted by Crippen LogP contribution is -2.10. The Hall–Kier alpha value is -0.760. The summed E-state index contributed by atoms with van der Waals surface area (Å²) in [6, 6.07) is -0.390. The monoisotopic (exact) mass is 320 g/mol. The van der Waals surface area contributed by atoms with Crippen LogP contribution in [0.4, 0.5) is 13.2 Å². The second kappa shape index (κ2) is 4.62. The van der Waals surface area contributed by atoms with Crippen LogP contribution in [0.3, 0.4) is 0 Å². The van der Waals surface area contributed by atoms with E-state index in [0.717, 1.165) is 7.11 Å². The molecule has 0 atom stereocenters. The van der Waals surface area contributed by atoms with Gasteiger partial charge >= 0.3 is 12.1 Å². The van der Waals surface area contributed by atoms with E-state index in [-0.39, 0.29) is 11.7 Å². The fourth-order valence-corrected chi connectivity index (χ4v) is 1.84. The van der Waals surface area contributed by atoms with Crippen molar-refractivity contribution in [2.24, 2.45) is 0 Å². The van der Waals surface area contributed by atoms with Crippen molar-refractivity contribution in [2.45, 2.75) is 12.2 Å². The Kier molecular flexibility index (Phi) is 3.84. The maximum absolute atomic E-state index is 12.4. The highest BCUT2D eigenvalue weighted by Gasteiger charge is 2.40. The highest BCUT2D eigenvalue weighted by Crippen LogP contribution is 2.36. The van der Waals surface area contributed by atoms with Crippen molar-refractivity contribution in [3.63, 3.8) is 0 Å². The van der Waals surface area contributed by atoms with Gasteiger partial charge in [0.25, 0.3) is 0 Å². The fourth-order valence-electron chi connectivity index (χ4n) is 0.999. The van der Waals surface area contributed by atoms with E-state index < -0.39 is 22.3 Å².